The number of rotatable bonds is 3. The van der Waals surface area contributed by atoms with Crippen LogP contribution in [0, 0.1) is 5.82 Å². The van der Waals surface area contributed by atoms with Gasteiger partial charge in [0, 0.05) is 6.08 Å². The van der Waals surface area contributed by atoms with E-state index in [1.807, 2.05) is 0 Å². The van der Waals surface area contributed by atoms with Gasteiger partial charge in [0.05, 0.1) is 0 Å². The molecule has 2 aromatic rings. The lowest BCUT2D eigenvalue weighted by Crippen LogP contribution is -2.09. The topological polar surface area (TPSA) is 83.6 Å². The van der Waals surface area contributed by atoms with E-state index in [2.05, 4.69) is 25.9 Å². The van der Waals surface area contributed by atoms with Crippen LogP contribution in [0.3, 0.4) is 0 Å². The summed E-state index contributed by atoms with van der Waals surface area (Å²) in [6.07, 6.45) is 2.85. The monoisotopic (exact) mass is 233 g/mol. The summed E-state index contributed by atoms with van der Waals surface area (Å²) in [5.74, 6) is -0.618. The molecule has 1 aromatic carbocycles. The van der Waals surface area contributed by atoms with E-state index in [4.69, 9.17) is 0 Å². The molecule has 0 bridgehead atoms. The fraction of sp³-hybridized carbons (Fsp3) is 0. The van der Waals surface area contributed by atoms with Gasteiger partial charge in [-0.2, -0.15) is 5.21 Å². The van der Waals surface area contributed by atoms with E-state index in [9.17, 15) is 9.18 Å². The van der Waals surface area contributed by atoms with Gasteiger partial charge >= 0.3 is 0 Å². The number of anilines is 1. The largest absolute Gasteiger partial charge is 0.288 e. The van der Waals surface area contributed by atoms with Gasteiger partial charge in [-0.05, 0) is 29.0 Å². The number of H-pyrrole nitrogens is 1. The van der Waals surface area contributed by atoms with E-state index in [-0.39, 0.29) is 11.8 Å². The number of amides is 1. The van der Waals surface area contributed by atoms with Gasteiger partial charge in [-0.25, -0.2) is 4.39 Å². The molecule has 0 radical (unpaired) electrons. The Morgan fingerprint density at radius 1 is 1.35 bits per heavy atom. The predicted octanol–water partition coefficient (Wildman–Crippen LogP) is 0.991. The normalized spacial score (nSPS) is 10.6. The zero-order valence-corrected chi connectivity index (χ0v) is 8.59. The molecule has 0 atom stereocenters. The first-order valence-electron chi connectivity index (χ1n) is 4.72. The SMILES string of the molecule is O=C(/C=C/c1ccc(F)cc1)Nc1nn[nH]n1. The van der Waals surface area contributed by atoms with Crippen LogP contribution in [0.4, 0.5) is 10.3 Å². The number of hydrogen-bond acceptors (Lipinski definition) is 4. The summed E-state index contributed by atoms with van der Waals surface area (Å²) < 4.78 is 12.6. The molecule has 0 saturated heterocycles. The van der Waals surface area contributed by atoms with Crippen LogP contribution in [0.25, 0.3) is 6.08 Å². The Bertz CT molecular complexity index is 520. The minimum Gasteiger partial charge on any atom is -0.288 e. The van der Waals surface area contributed by atoms with Crippen LogP contribution in [0.1, 0.15) is 5.56 Å². The number of tetrazole rings is 1. The Morgan fingerprint density at radius 3 is 2.76 bits per heavy atom. The van der Waals surface area contributed by atoms with Gasteiger partial charge in [0.2, 0.25) is 0 Å². The van der Waals surface area contributed by atoms with Gasteiger partial charge in [-0.1, -0.05) is 17.2 Å². The summed E-state index contributed by atoms with van der Waals surface area (Å²) in [6, 6.07) is 5.76. The number of nitrogens with zero attached hydrogens (tertiary/aromatic N) is 3. The average molecular weight is 233 g/mol. The molecular formula is C10H8FN5O. The first kappa shape index (κ1) is 10.9. The van der Waals surface area contributed by atoms with Gasteiger partial charge in [-0.15, -0.1) is 5.10 Å². The number of carbonyl (C=O) groups excluding carboxylic acids is 1. The van der Waals surface area contributed by atoms with E-state index in [1.54, 1.807) is 18.2 Å². The molecule has 0 aliphatic rings. The minimum absolute atomic E-state index is 0.0961. The highest BCUT2D eigenvalue weighted by Gasteiger charge is 2.00. The molecule has 0 fully saturated rings. The number of aromatic amines is 1. The van der Waals surface area contributed by atoms with Crippen LogP contribution >= 0.6 is 0 Å². The first-order chi connectivity index (χ1) is 8.24. The summed E-state index contributed by atoms with van der Waals surface area (Å²) in [4.78, 5) is 11.4. The Morgan fingerprint density at radius 2 is 2.12 bits per heavy atom. The number of hydrogen-bond donors (Lipinski definition) is 2. The van der Waals surface area contributed by atoms with Gasteiger partial charge < -0.3 is 0 Å². The zero-order chi connectivity index (χ0) is 12.1. The van der Waals surface area contributed by atoms with Crippen molar-refractivity contribution in [1.29, 1.82) is 0 Å². The molecule has 1 amide bonds. The van der Waals surface area contributed by atoms with Crippen molar-refractivity contribution in [2.45, 2.75) is 0 Å². The Labute approximate surface area is 95.5 Å². The number of aromatic nitrogens is 4. The number of nitrogens with one attached hydrogen (secondary N) is 2. The highest BCUT2D eigenvalue weighted by molar-refractivity contribution is 6.00. The van der Waals surface area contributed by atoms with Crippen LogP contribution in [-0.4, -0.2) is 26.5 Å². The van der Waals surface area contributed by atoms with E-state index in [0.717, 1.165) is 5.56 Å². The van der Waals surface area contributed by atoms with Crippen LogP contribution in [0.15, 0.2) is 30.3 Å². The lowest BCUT2D eigenvalue weighted by atomic mass is 10.2. The summed E-state index contributed by atoms with van der Waals surface area (Å²) in [7, 11) is 0. The molecular weight excluding hydrogens is 225 g/mol. The van der Waals surface area contributed by atoms with Gasteiger partial charge in [0.15, 0.2) is 0 Å². The molecule has 1 aromatic heterocycles. The molecule has 0 aliphatic carbocycles. The smallest absolute Gasteiger partial charge is 0.270 e. The zero-order valence-electron chi connectivity index (χ0n) is 8.59. The maximum absolute atomic E-state index is 12.6. The third-order valence-corrected chi connectivity index (χ3v) is 1.88. The molecule has 6 nitrogen and oxygen atoms in total. The molecule has 1 heterocycles. The maximum atomic E-state index is 12.6. The molecule has 2 N–H and O–H groups in total. The predicted molar refractivity (Wildman–Crippen MR) is 58.2 cm³/mol. The lowest BCUT2D eigenvalue weighted by Gasteiger charge is -1.94. The maximum Gasteiger partial charge on any atom is 0.270 e. The standard InChI is InChI=1S/C10H8FN5O/c11-8-4-1-7(2-5-8)3-6-9(17)12-10-13-15-16-14-10/h1-6H,(H2,12,13,14,15,16,17)/b6-3+. The second-order valence-electron chi connectivity index (χ2n) is 3.11. The molecule has 2 rings (SSSR count). The number of halogens is 1. The fourth-order valence-corrected chi connectivity index (χ4v) is 1.11. The quantitative estimate of drug-likeness (QED) is 0.774. The minimum atomic E-state index is -0.393. The van der Waals surface area contributed by atoms with Crippen molar-refractivity contribution >= 4 is 17.9 Å². The van der Waals surface area contributed by atoms with Crippen molar-refractivity contribution in [2.75, 3.05) is 5.32 Å². The Balaban J connectivity index is 1.96. The molecule has 0 aliphatic heterocycles. The molecule has 86 valence electrons. The third kappa shape index (κ3) is 3.20. The van der Waals surface area contributed by atoms with Crippen molar-refractivity contribution < 1.29 is 9.18 Å². The van der Waals surface area contributed by atoms with Crippen LogP contribution in [-0.2, 0) is 4.79 Å². The molecule has 7 heteroatoms. The summed E-state index contributed by atoms with van der Waals surface area (Å²) >= 11 is 0. The molecule has 0 unspecified atom stereocenters. The first-order valence-corrected chi connectivity index (χ1v) is 4.72. The van der Waals surface area contributed by atoms with Crippen LogP contribution in [0.2, 0.25) is 0 Å². The van der Waals surface area contributed by atoms with E-state index in [1.165, 1.54) is 18.2 Å². The second kappa shape index (κ2) is 4.97. The Kier molecular flexibility index (Phi) is 3.20. The van der Waals surface area contributed by atoms with Crippen molar-refractivity contribution in [1.82, 2.24) is 20.6 Å². The van der Waals surface area contributed by atoms with E-state index < -0.39 is 5.91 Å². The fourth-order valence-electron chi connectivity index (χ4n) is 1.11. The number of carbonyl (C=O) groups is 1. The van der Waals surface area contributed by atoms with Gasteiger partial charge in [0.1, 0.15) is 5.82 Å². The summed E-state index contributed by atoms with van der Waals surface area (Å²) in [6.45, 7) is 0. The van der Waals surface area contributed by atoms with Crippen molar-refractivity contribution in [3.63, 3.8) is 0 Å². The van der Waals surface area contributed by atoms with Crippen molar-refractivity contribution in [3.8, 4) is 0 Å². The molecule has 17 heavy (non-hydrogen) atoms. The average Bonchev–Trinajstić information content (AvgIpc) is 2.81. The highest BCUT2D eigenvalue weighted by Crippen LogP contribution is 2.04. The Hall–Kier alpha value is -2.57. The molecule has 0 spiro atoms. The second-order valence-corrected chi connectivity index (χ2v) is 3.11. The van der Waals surface area contributed by atoms with Crippen LogP contribution in [0.5, 0.6) is 0 Å². The van der Waals surface area contributed by atoms with E-state index >= 15 is 0 Å². The summed E-state index contributed by atoms with van der Waals surface area (Å²) in [5.41, 5.74) is 0.717. The van der Waals surface area contributed by atoms with Crippen molar-refractivity contribution in [3.05, 3.63) is 41.7 Å². The van der Waals surface area contributed by atoms with E-state index in [0.29, 0.717) is 0 Å². The van der Waals surface area contributed by atoms with Gasteiger partial charge in [0.25, 0.3) is 11.9 Å². The van der Waals surface area contributed by atoms with Gasteiger partial charge in [-0.3, -0.25) is 10.1 Å². The lowest BCUT2D eigenvalue weighted by molar-refractivity contribution is -0.111. The van der Waals surface area contributed by atoms with Crippen molar-refractivity contribution in [2.24, 2.45) is 0 Å². The summed E-state index contributed by atoms with van der Waals surface area (Å²) in [5, 5.41) is 15.0. The highest BCUT2D eigenvalue weighted by atomic mass is 19.1. The number of benzene rings is 1. The molecule has 0 saturated carbocycles. The third-order valence-electron chi connectivity index (χ3n) is 1.88. The van der Waals surface area contributed by atoms with Crippen LogP contribution < -0.4 is 5.32 Å².